The Labute approximate surface area is 146 Å². The summed E-state index contributed by atoms with van der Waals surface area (Å²) in [5.41, 5.74) is 1.49. The van der Waals surface area contributed by atoms with Crippen molar-refractivity contribution >= 4 is 12.2 Å². The highest BCUT2D eigenvalue weighted by Crippen LogP contribution is 2.39. The van der Waals surface area contributed by atoms with Gasteiger partial charge in [0.25, 0.3) is 0 Å². The van der Waals surface area contributed by atoms with Crippen LogP contribution in [-0.2, 0) is 0 Å². The van der Waals surface area contributed by atoms with E-state index in [2.05, 4.69) is 0 Å². The third-order valence-electron chi connectivity index (χ3n) is 3.53. The molecule has 134 valence electrons. The monoisotopic (exact) mass is 346 g/mol. The van der Waals surface area contributed by atoms with Gasteiger partial charge in [0.1, 0.15) is 0 Å². The minimum atomic E-state index is -0.271. The normalized spacial score (nSPS) is 10.7. The zero-order chi connectivity index (χ0) is 18.4. The molecule has 0 atom stereocenters. The Morgan fingerprint density at radius 3 is 1.80 bits per heavy atom. The fraction of sp³-hybridized carbons (Fsp3) is 0.263. The molecule has 2 N–H and O–H groups in total. The molecule has 25 heavy (non-hydrogen) atoms. The van der Waals surface area contributed by atoms with Crippen molar-refractivity contribution < 1.29 is 29.2 Å². The number of phenols is 2. The summed E-state index contributed by atoms with van der Waals surface area (Å²) >= 11 is 0. The topological polar surface area (TPSA) is 77.4 Å². The van der Waals surface area contributed by atoms with Gasteiger partial charge in [-0.25, -0.2) is 0 Å². The van der Waals surface area contributed by atoms with Crippen LogP contribution in [0.15, 0.2) is 24.3 Å². The van der Waals surface area contributed by atoms with Crippen LogP contribution in [0.5, 0.6) is 34.5 Å². The summed E-state index contributed by atoms with van der Waals surface area (Å²) in [6, 6.07) is 6.71. The van der Waals surface area contributed by atoms with Crippen LogP contribution >= 0.6 is 0 Å². The maximum Gasteiger partial charge on any atom is 0.203 e. The number of phenolic OH excluding ortho intramolecular Hbond substituents is 2. The first-order valence-electron chi connectivity index (χ1n) is 7.70. The van der Waals surface area contributed by atoms with E-state index in [1.165, 1.54) is 6.07 Å². The first kappa shape index (κ1) is 18.3. The SMILES string of the molecule is CCOc1cc(/C=C\c2cc(OC)c(OC)c(OC)c2)cc(O)c1O. The van der Waals surface area contributed by atoms with Crippen molar-refractivity contribution in [1.29, 1.82) is 0 Å². The summed E-state index contributed by atoms with van der Waals surface area (Å²) in [5.74, 6) is 1.33. The molecule has 0 saturated carbocycles. The Balaban J connectivity index is 2.39. The Morgan fingerprint density at radius 1 is 0.800 bits per heavy atom. The Hall–Kier alpha value is -3.02. The lowest BCUT2D eigenvalue weighted by atomic mass is 10.1. The van der Waals surface area contributed by atoms with Gasteiger partial charge >= 0.3 is 0 Å². The van der Waals surface area contributed by atoms with E-state index < -0.39 is 0 Å². The average Bonchev–Trinajstić information content (AvgIpc) is 2.62. The molecule has 0 saturated heterocycles. The second-order valence-electron chi connectivity index (χ2n) is 5.11. The van der Waals surface area contributed by atoms with Crippen LogP contribution in [0.25, 0.3) is 12.2 Å². The van der Waals surface area contributed by atoms with Gasteiger partial charge in [0.15, 0.2) is 23.0 Å². The van der Waals surface area contributed by atoms with E-state index in [4.69, 9.17) is 18.9 Å². The van der Waals surface area contributed by atoms with E-state index in [1.54, 1.807) is 40.4 Å². The fourth-order valence-electron chi connectivity index (χ4n) is 2.37. The molecule has 6 heteroatoms. The van der Waals surface area contributed by atoms with Crippen LogP contribution in [0.2, 0.25) is 0 Å². The van der Waals surface area contributed by atoms with Crippen molar-refractivity contribution in [3.05, 3.63) is 35.4 Å². The van der Waals surface area contributed by atoms with Gasteiger partial charge < -0.3 is 29.2 Å². The highest BCUT2D eigenvalue weighted by Gasteiger charge is 2.12. The van der Waals surface area contributed by atoms with E-state index in [-0.39, 0.29) is 17.2 Å². The highest BCUT2D eigenvalue weighted by molar-refractivity contribution is 5.74. The van der Waals surface area contributed by atoms with Crippen LogP contribution in [0, 0.1) is 0 Å². The van der Waals surface area contributed by atoms with Gasteiger partial charge in [-0.15, -0.1) is 0 Å². The summed E-state index contributed by atoms with van der Waals surface area (Å²) < 4.78 is 21.3. The van der Waals surface area contributed by atoms with Crippen molar-refractivity contribution in [3.63, 3.8) is 0 Å². The molecule has 0 radical (unpaired) electrons. The van der Waals surface area contributed by atoms with Gasteiger partial charge in [0, 0.05) is 0 Å². The van der Waals surface area contributed by atoms with E-state index in [0.29, 0.717) is 29.4 Å². The van der Waals surface area contributed by atoms with E-state index >= 15 is 0 Å². The molecule has 6 nitrogen and oxygen atoms in total. The summed E-state index contributed by atoms with van der Waals surface area (Å²) in [5, 5.41) is 19.6. The first-order chi connectivity index (χ1) is 12.0. The molecule has 0 amide bonds. The highest BCUT2D eigenvalue weighted by atomic mass is 16.5. The largest absolute Gasteiger partial charge is 0.504 e. The third kappa shape index (κ3) is 4.09. The third-order valence-corrected chi connectivity index (χ3v) is 3.53. The van der Waals surface area contributed by atoms with Crippen molar-refractivity contribution in [1.82, 2.24) is 0 Å². The number of rotatable bonds is 7. The maximum absolute atomic E-state index is 9.82. The molecule has 0 bridgehead atoms. The van der Waals surface area contributed by atoms with Gasteiger partial charge in [-0.1, -0.05) is 12.2 Å². The molecule has 0 heterocycles. The zero-order valence-electron chi connectivity index (χ0n) is 14.7. The molecule has 2 aromatic rings. The maximum atomic E-state index is 9.82. The lowest BCUT2D eigenvalue weighted by molar-refractivity contribution is 0.309. The van der Waals surface area contributed by atoms with Gasteiger partial charge in [-0.05, 0) is 42.3 Å². The quantitative estimate of drug-likeness (QED) is 0.588. The molecule has 0 aliphatic heterocycles. The lowest BCUT2D eigenvalue weighted by Crippen LogP contribution is -1.95. The number of ether oxygens (including phenoxy) is 4. The van der Waals surface area contributed by atoms with E-state index in [1.807, 2.05) is 18.2 Å². The van der Waals surface area contributed by atoms with E-state index in [9.17, 15) is 10.2 Å². The van der Waals surface area contributed by atoms with Crippen LogP contribution in [0.1, 0.15) is 18.1 Å². The van der Waals surface area contributed by atoms with Gasteiger partial charge in [-0.2, -0.15) is 0 Å². The van der Waals surface area contributed by atoms with Crippen molar-refractivity contribution in [3.8, 4) is 34.5 Å². The molecule has 0 fully saturated rings. The molecular weight excluding hydrogens is 324 g/mol. The van der Waals surface area contributed by atoms with Crippen molar-refractivity contribution in [2.45, 2.75) is 6.92 Å². The summed E-state index contributed by atoms with van der Waals surface area (Å²) in [6.45, 7) is 2.18. The minimum Gasteiger partial charge on any atom is -0.504 e. The van der Waals surface area contributed by atoms with Gasteiger partial charge in [0.05, 0.1) is 27.9 Å². The second-order valence-corrected chi connectivity index (χ2v) is 5.11. The number of hydrogen-bond acceptors (Lipinski definition) is 6. The standard InChI is InChI=1S/C19H22O6/c1-5-25-15-9-12(8-14(20)18(15)21)6-7-13-10-16(22-2)19(24-4)17(11-13)23-3/h6-11,20-21H,5H2,1-4H3/b7-6-. The van der Waals surface area contributed by atoms with Crippen LogP contribution in [0.3, 0.4) is 0 Å². The van der Waals surface area contributed by atoms with Crippen molar-refractivity contribution in [2.75, 3.05) is 27.9 Å². The average molecular weight is 346 g/mol. The number of hydrogen-bond donors (Lipinski definition) is 2. The fourth-order valence-corrected chi connectivity index (χ4v) is 2.37. The molecule has 0 aliphatic rings. The summed E-state index contributed by atoms with van der Waals surface area (Å²) in [4.78, 5) is 0. The summed E-state index contributed by atoms with van der Waals surface area (Å²) in [6.07, 6.45) is 3.61. The predicted molar refractivity (Wildman–Crippen MR) is 96.0 cm³/mol. The minimum absolute atomic E-state index is 0.229. The van der Waals surface area contributed by atoms with Crippen LogP contribution in [0.4, 0.5) is 0 Å². The molecule has 2 aromatic carbocycles. The summed E-state index contributed by atoms with van der Waals surface area (Å²) in [7, 11) is 4.65. The van der Waals surface area contributed by atoms with Gasteiger partial charge in [-0.3, -0.25) is 0 Å². The molecule has 0 aromatic heterocycles. The molecular formula is C19H22O6. The smallest absolute Gasteiger partial charge is 0.203 e. The lowest BCUT2D eigenvalue weighted by Gasteiger charge is -2.13. The van der Waals surface area contributed by atoms with Crippen molar-refractivity contribution in [2.24, 2.45) is 0 Å². The predicted octanol–water partition coefficient (Wildman–Crippen LogP) is 3.69. The molecule has 0 aliphatic carbocycles. The zero-order valence-corrected chi connectivity index (χ0v) is 14.7. The van der Waals surface area contributed by atoms with Crippen LogP contribution in [-0.4, -0.2) is 38.1 Å². The van der Waals surface area contributed by atoms with Gasteiger partial charge in [0.2, 0.25) is 11.5 Å². The first-order valence-corrected chi connectivity index (χ1v) is 7.70. The molecule has 2 rings (SSSR count). The Bertz CT molecular complexity index is 742. The Morgan fingerprint density at radius 2 is 1.32 bits per heavy atom. The van der Waals surface area contributed by atoms with E-state index in [0.717, 1.165) is 5.56 Å². The number of aromatic hydroxyl groups is 2. The number of benzene rings is 2. The molecule has 0 unspecified atom stereocenters. The number of methoxy groups -OCH3 is 3. The second kappa shape index (κ2) is 8.19. The molecule has 0 spiro atoms. The van der Waals surface area contributed by atoms with Crippen LogP contribution < -0.4 is 18.9 Å². The Kier molecular flexibility index (Phi) is 6.00.